The van der Waals surface area contributed by atoms with Gasteiger partial charge in [0.05, 0.1) is 22.5 Å². The van der Waals surface area contributed by atoms with Crippen molar-refractivity contribution >= 4 is 11.6 Å². The van der Waals surface area contributed by atoms with Gasteiger partial charge in [-0.05, 0) is 78.4 Å². The molecule has 6 heteroatoms. The highest BCUT2D eigenvalue weighted by atomic mass is 16.5. The van der Waals surface area contributed by atoms with Crippen LogP contribution in [0.25, 0.3) is 11.3 Å². The first-order chi connectivity index (χ1) is 17.7. The molecular weight excluding hydrogens is 452 g/mol. The summed E-state index contributed by atoms with van der Waals surface area (Å²) in [6.07, 6.45) is 0. The number of aromatic hydroxyl groups is 1. The number of hydrogen-bond acceptors (Lipinski definition) is 4. The van der Waals surface area contributed by atoms with Crippen LogP contribution in [0.5, 0.6) is 28.9 Å². The molecule has 1 aromatic heterocycles. The van der Waals surface area contributed by atoms with Gasteiger partial charge in [0.1, 0.15) is 23.0 Å². The van der Waals surface area contributed by atoms with Gasteiger partial charge in [0, 0.05) is 5.56 Å². The molecule has 1 aliphatic heterocycles. The van der Waals surface area contributed by atoms with Crippen molar-refractivity contribution in [3.63, 3.8) is 0 Å². The number of aliphatic imine (C=N–C) groups is 1. The highest BCUT2D eigenvalue weighted by Gasteiger charge is 2.33. The Morgan fingerprint density at radius 2 is 1.06 bits per heavy atom. The number of amides is 1. The third-order valence-electron chi connectivity index (χ3n) is 5.87. The second kappa shape index (κ2) is 8.92. The summed E-state index contributed by atoms with van der Waals surface area (Å²) in [5, 5.41) is 10.7. The first-order valence-electron chi connectivity index (χ1n) is 11.4. The van der Waals surface area contributed by atoms with E-state index in [0.29, 0.717) is 39.6 Å². The van der Waals surface area contributed by atoms with Gasteiger partial charge in [0.2, 0.25) is 0 Å². The van der Waals surface area contributed by atoms with Crippen LogP contribution in [0.1, 0.15) is 21.5 Å². The van der Waals surface area contributed by atoms with E-state index in [1.54, 1.807) is 0 Å². The van der Waals surface area contributed by atoms with E-state index in [1.165, 1.54) is 0 Å². The summed E-state index contributed by atoms with van der Waals surface area (Å²) in [4.78, 5) is 20.1. The molecule has 0 unspecified atom stereocenters. The van der Waals surface area contributed by atoms with Crippen LogP contribution in [0.2, 0.25) is 0 Å². The Morgan fingerprint density at radius 3 is 1.58 bits per heavy atom. The second-order valence-electron chi connectivity index (χ2n) is 8.24. The smallest absolute Gasteiger partial charge is 0.280 e. The van der Waals surface area contributed by atoms with Crippen LogP contribution in [0.3, 0.4) is 0 Å². The number of para-hydroxylation sites is 2. The molecule has 0 radical (unpaired) electrons. The van der Waals surface area contributed by atoms with Crippen molar-refractivity contribution in [3.8, 4) is 40.1 Å². The average molecular weight is 473 g/mol. The van der Waals surface area contributed by atoms with Crippen LogP contribution in [0, 0.1) is 0 Å². The fourth-order valence-electron chi connectivity index (χ4n) is 4.19. The summed E-state index contributed by atoms with van der Waals surface area (Å²) in [5.41, 5.74) is 3.13. The van der Waals surface area contributed by atoms with Crippen LogP contribution in [-0.4, -0.2) is 21.7 Å². The Hall–Kier alpha value is -5.10. The number of carbonyl (C=O) groups is 1. The Kier molecular flexibility index (Phi) is 5.31. The van der Waals surface area contributed by atoms with Gasteiger partial charge < -0.3 is 19.6 Å². The van der Waals surface area contributed by atoms with Crippen LogP contribution >= 0.6 is 0 Å². The van der Waals surface area contributed by atoms with E-state index in [1.807, 2.05) is 109 Å². The zero-order chi connectivity index (χ0) is 24.5. The standard InChI is InChI=1S/C30H20N2O4/c33-29-25-26(28(32-29)20-13-17-24(18-14-20)36-22-9-5-2-6-10-22)30(34)31-27(25)19-11-15-23(16-12-19)35-21-7-3-1-4-8-21/h1-18,31,34H. The molecule has 6 rings (SSSR count). The quantitative estimate of drug-likeness (QED) is 0.280. The maximum Gasteiger partial charge on any atom is 0.280 e. The van der Waals surface area contributed by atoms with E-state index >= 15 is 0 Å². The first-order valence-corrected chi connectivity index (χ1v) is 11.4. The number of carbonyl (C=O) groups excluding carboxylic acids is 1. The highest BCUT2D eigenvalue weighted by molar-refractivity contribution is 6.30. The Morgan fingerprint density at radius 1 is 0.583 bits per heavy atom. The van der Waals surface area contributed by atoms with Crippen LogP contribution < -0.4 is 9.47 Å². The number of ether oxygens (including phenoxy) is 2. The number of aromatic amines is 1. The lowest BCUT2D eigenvalue weighted by Crippen LogP contribution is -1.99. The maximum atomic E-state index is 12.9. The molecule has 0 bridgehead atoms. The number of benzene rings is 4. The van der Waals surface area contributed by atoms with Crippen LogP contribution in [0.15, 0.2) is 114 Å². The number of fused-ring (bicyclic) bond motifs is 1. The van der Waals surface area contributed by atoms with E-state index in [-0.39, 0.29) is 5.88 Å². The van der Waals surface area contributed by atoms with Gasteiger partial charge in [0.25, 0.3) is 5.91 Å². The van der Waals surface area contributed by atoms with Crippen molar-refractivity contribution < 1.29 is 19.4 Å². The van der Waals surface area contributed by atoms with E-state index in [9.17, 15) is 9.90 Å². The largest absolute Gasteiger partial charge is 0.494 e. The molecule has 36 heavy (non-hydrogen) atoms. The van der Waals surface area contributed by atoms with Gasteiger partial charge in [-0.1, -0.05) is 36.4 Å². The Bertz CT molecular complexity index is 1570. The van der Waals surface area contributed by atoms with Gasteiger partial charge in [-0.2, -0.15) is 0 Å². The van der Waals surface area contributed by atoms with Crippen molar-refractivity contribution in [3.05, 3.63) is 126 Å². The molecule has 0 saturated heterocycles. The number of nitrogens with one attached hydrogen (secondary N) is 1. The van der Waals surface area contributed by atoms with Crippen molar-refractivity contribution in [2.45, 2.75) is 0 Å². The Labute approximate surface area is 207 Å². The molecule has 2 heterocycles. The normalized spacial score (nSPS) is 12.2. The molecule has 4 aromatic carbocycles. The summed E-state index contributed by atoms with van der Waals surface area (Å²) >= 11 is 0. The van der Waals surface area contributed by atoms with Crippen molar-refractivity contribution in [2.75, 3.05) is 0 Å². The maximum absolute atomic E-state index is 12.9. The molecule has 0 spiro atoms. The lowest BCUT2D eigenvalue weighted by Gasteiger charge is -2.07. The second-order valence-corrected chi connectivity index (χ2v) is 8.24. The third-order valence-corrected chi connectivity index (χ3v) is 5.87. The minimum atomic E-state index is -0.402. The van der Waals surface area contributed by atoms with Crippen LogP contribution in [0.4, 0.5) is 0 Å². The molecule has 0 fully saturated rings. The summed E-state index contributed by atoms with van der Waals surface area (Å²) < 4.78 is 11.7. The molecular formula is C30H20N2O4. The molecule has 2 N–H and O–H groups in total. The van der Waals surface area contributed by atoms with Gasteiger partial charge in [-0.25, -0.2) is 4.99 Å². The monoisotopic (exact) mass is 472 g/mol. The zero-order valence-corrected chi connectivity index (χ0v) is 19.0. The number of hydrogen-bond donors (Lipinski definition) is 2. The fraction of sp³-hybridized carbons (Fsp3) is 0. The minimum absolute atomic E-state index is 0.0983. The number of H-pyrrole nitrogens is 1. The zero-order valence-electron chi connectivity index (χ0n) is 19.0. The van der Waals surface area contributed by atoms with E-state index in [0.717, 1.165) is 17.1 Å². The fourth-order valence-corrected chi connectivity index (χ4v) is 4.19. The predicted octanol–water partition coefficient (Wildman–Crippen LogP) is 6.96. The van der Waals surface area contributed by atoms with Crippen molar-refractivity contribution in [1.29, 1.82) is 0 Å². The van der Waals surface area contributed by atoms with E-state index in [4.69, 9.17) is 9.47 Å². The van der Waals surface area contributed by atoms with Gasteiger partial charge in [0.15, 0.2) is 5.88 Å². The average Bonchev–Trinajstić information content (AvgIpc) is 3.44. The topological polar surface area (TPSA) is 83.9 Å². The molecule has 6 nitrogen and oxygen atoms in total. The number of nitrogens with zero attached hydrogens (tertiary/aromatic N) is 1. The lowest BCUT2D eigenvalue weighted by molar-refractivity contribution is 0.101. The summed E-state index contributed by atoms with van der Waals surface area (Å²) in [7, 11) is 0. The lowest BCUT2D eigenvalue weighted by atomic mass is 10.00. The van der Waals surface area contributed by atoms with Crippen molar-refractivity contribution in [2.24, 2.45) is 4.99 Å². The summed E-state index contributed by atoms with van der Waals surface area (Å²) in [6.45, 7) is 0. The van der Waals surface area contributed by atoms with Gasteiger partial charge in [-0.15, -0.1) is 0 Å². The molecule has 5 aromatic rings. The van der Waals surface area contributed by atoms with E-state index in [2.05, 4.69) is 9.98 Å². The van der Waals surface area contributed by atoms with Gasteiger partial charge in [-0.3, -0.25) is 4.79 Å². The van der Waals surface area contributed by atoms with Crippen molar-refractivity contribution in [1.82, 2.24) is 4.98 Å². The van der Waals surface area contributed by atoms with E-state index < -0.39 is 5.91 Å². The molecule has 174 valence electrons. The molecule has 1 amide bonds. The predicted molar refractivity (Wildman–Crippen MR) is 137 cm³/mol. The summed E-state index contributed by atoms with van der Waals surface area (Å²) in [5.74, 6) is 2.29. The molecule has 0 atom stereocenters. The van der Waals surface area contributed by atoms with Crippen LogP contribution in [-0.2, 0) is 0 Å². The SMILES string of the molecule is O=C1N=C(c2ccc(Oc3ccccc3)cc2)c2c(O)[nH]c(-c3ccc(Oc4ccccc4)cc3)c21. The number of rotatable bonds is 6. The number of aromatic nitrogens is 1. The van der Waals surface area contributed by atoms with Gasteiger partial charge >= 0.3 is 0 Å². The Balaban J connectivity index is 1.26. The molecule has 0 aliphatic carbocycles. The minimum Gasteiger partial charge on any atom is -0.494 e. The molecule has 1 aliphatic rings. The summed E-state index contributed by atoms with van der Waals surface area (Å²) in [6, 6.07) is 33.5. The first kappa shape index (κ1) is 21.4. The molecule has 0 saturated carbocycles. The highest BCUT2D eigenvalue weighted by Crippen LogP contribution is 2.39. The third kappa shape index (κ3) is 4.01.